The molecule has 0 aliphatic carbocycles. The summed E-state index contributed by atoms with van der Waals surface area (Å²) in [7, 11) is 2.58. The van der Waals surface area contributed by atoms with E-state index >= 15 is 0 Å². The molecular formula is C17H19NO4. The Hall–Kier alpha value is -2.56. The number of hydrogen-bond donors (Lipinski definition) is 0. The Morgan fingerprint density at radius 1 is 1.14 bits per heavy atom. The van der Waals surface area contributed by atoms with Gasteiger partial charge in [-0.2, -0.15) is 0 Å². The zero-order valence-electron chi connectivity index (χ0n) is 13.0. The van der Waals surface area contributed by atoms with Gasteiger partial charge in [0.05, 0.1) is 19.8 Å². The standard InChI is InChI=1S/C17H19NO4/c1-11-10-14(16(19)21-3)15(17(20)22-4)18(11)12(2)13-8-6-5-7-9-13/h5-9,11H,2,10H2,1,3-4H3. The van der Waals surface area contributed by atoms with E-state index in [4.69, 9.17) is 9.47 Å². The molecule has 0 N–H and O–H groups in total. The van der Waals surface area contributed by atoms with Crippen molar-refractivity contribution in [1.82, 2.24) is 4.90 Å². The number of carbonyl (C=O) groups is 2. The lowest BCUT2D eigenvalue weighted by Crippen LogP contribution is -2.29. The summed E-state index contributed by atoms with van der Waals surface area (Å²) < 4.78 is 9.62. The normalized spacial score (nSPS) is 17.4. The quantitative estimate of drug-likeness (QED) is 0.799. The van der Waals surface area contributed by atoms with Crippen LogP contribution in [-0.2, 0) is 19.1 Å². The molecule has 0 radical (unpaired) electrons. The zero-order valence-corrected chi connectivity index (χ0v) is 13.0. The fourth-order valence-electron chi connectivity index (χ4n) is 2.64. The van der Waals surface area contributed by atoms with Crippen LogP contribution in [0.15, 0.2) is 48.2 Å². The molecule has 2 rings (SSSR count). The molecule has 1 atom stereocenters. The summed E-state index contributed by atoms with van der Waals surface area (Å²) in [4.78, 5) is 25.9. The van der Waals surface area contributed by atoms with Crippen molar-refractivity contribution < 1.29 is 19.1 Å². The predicted octanol–water partition coefficient (Wildman–Crippen LogP) is 2.35. The number of carbonyl (C=O) groups excluding carboxylic acids is 2. The van der Waals surface area contributed by atoms with Crippen LogP contribution in [-0.4, -0.2) is 37.1 Å². The van der Waals surface area contributed by atoms with Crippen molar-refractivity contribution in [1.29, 1.82) is 0 Å². The largest absolute Gasteiger partial charge is 0.466 e. The molecule has 1 unspecified atom stereocenters. The number of nitrogens with zero attached hydrogens (tertiary/aromatic N) is 1. The van der Waals surface area contributed by atoms with Crippen molar-refractivity contribution >= 4 is 17.6 Å². The topological polar surface area (TPSA) is 55.8 Å². The van der Waals surface area contributed by atoms with Gasteiger partial charge in [-0.25, -0.2) is 9.59 Å². The molecule has 1 aliphatic rings. The highest BCUT2D eigenvalue weighted by atomic mass is 16.5. The van der Waals surface area contributed by atoms with Crippen LogP contribution >= 0.6 is 0 Å². The first kappa shape index (κ1) is 15.8. The molecule has 0 spiro atoms. The molecule has 0 saturated heterocycles. The highest BCUT2D eigenvalue weighted by Crippen LogP contribution is 2.36. The second-order valence-corrected chi connectivity index (χ2v) is 5.05. The van der Waals surface area contributed by atoms with Gasteiger partial charge < -0.3 is 14.4 Å². The summed E-state index contributed by atoms with van der Waals surface area (Å²) >= 11 is 0. The molecule has 5 heteroatoms. The van der Waals surface area contributed by atoms with Crippen molar-refractivity contribution in [2.75, 3.05) is 14.2 Å². The van der Waals surface area contributed by atoms with Crippen molar-refractivity contribution in [2.24, 2.45) is 0 Å². The number of methoxy groups -OCH3 is 2. The summed E-state index contributed by atoms with van der Waals surface area (Å²) in [5.41, 5.74) is 2.05. The van der Waals surface area contributed by atoms with Gasteiger partial charge in [-0.05, 0) is 12.5 Å². The van der Waals surface area contributed by atoms with Crippen LogP contribution in [0, 0.1) is 0 Å². The molecule has 0 fully saturated rings. The number of hydrogen-bond acceptors (Lipinski definition) is 5. The maximum absolute atomic E-state index is 12.2. The van der Waals surface area contributed by atoms with Gasteiger partial charge in [-0.3, -0.25) is 0 Å². The van der Waals surface area contributed by atoms with Gasteiger partial charge in [-0.15, -0.1) is 0 Å². The maximum atomic E-state index is 12.2. The molecule has 5 nitrogen and oxygen atoms in total. The number of benzene rings is 1. The molecule has 22 heavy (non-hydrogen) atoms. The fraction of sp³-hybridized carbons (Fsp3) is 0.294. The molecule has 0 saturated carbocycles. The monoisotopic (exact) mass is 301 g/mol. The minimum atomic E-state index is -0.568. The van der Waals surface area contributed by atoms with Crippen LogP contribution in [0.1, 0.15) is 18.9 Å². The van der Waals surface area contributed by atoms with Crippen LogP contribution in [0.25, 0.3) is 5.70 Å². The zero-order chi connectivity index (χ0) is 16.3. The molecular weight excluding hydrogens is 282 g/mol. The first-order chi connectivity index (χ1) is 10.5. The highest BCUT2D eigenvalue weighted by molar-refractivity contribution is 6.02. The molecule has 1 aromatic rings. The van der Waals surface area contributed by atoms with Crippen LogP contribution in [0.4, 0.5) is 0 Å². The minimum Gasteiger partial charge on any atom is -0.466 e. The summed E-state index contributed by atoms with van der Waals surface area (Å²) in [6, 6.07) is 9.41. The van der Waals surface area contributed by atoms with Crippen molar-refractivity contribution in [3.63, 3.8) is 0 Å². The van der Waals surface area contributed by atoms with E-state index < -0.39 is 11.9 Å². The van der Waals surface area contributed by atoms with Gasteiger partial charge in [0, 0.05) is 18.2 Å². The lowest BCUT2D eigenvalue weighted by atomic mass is 10.1. The average Bonchev–Trinajstić information content (AvgIpc) is 2.90. The summed E-state index contributed by atoms with van der Waals surface area (Å²) in [6.45, 7) is 6.00. The molecule has 1 aliphatic heterocycles. The molecule has 1 aromatic carbocycles. The lowest BCUT2D eigenvalue weighted by Gasteiger charge is -2.28. The Morgan fingerprint density at radius 2 is 1.73 bits per heavy atom. The van der Waals surface area contributed by atoms with E-state index in [1.165, 1.54) is 14.2 Å². The molecule has 116 valence electrons. The van der Waals surface area contributed by atoms with E-state index in [1.807, 2.05) is 37.3 Å². The number of rotatable bonds is 4. The van der Waals surface area contributed by atoms with Gasteiger partial charge in [-0.1, -0.05) is 36.9 Å². The second-order valence-electron chi connectivity index (χ2n) is 5.05. The molecule has 0 aromatic heterocycles. The summed E-state index contributed by atoms with van der Waals surface area (Å²) in [6.07, 6.45) is 0.406. The van der Waals surface area contributed by atoms with Crippen LogP contribution < -0.4 is 0 Å². The average molecular weight is 301 g/mol. The van der Waals surface area contributed by atoms with Crippen LogP contribution in [0.5, 0.6) is 0 Å². The molecule has 1 heterocycles. The van der Waals surface area contributed by atoms with Gasteiger partial charge in [0.25, 0.3) is 0 Å². The van der Waals surface area contributed by atoms with Crippen molar-refractivity contribution in [2.45, 2.75) is 19.4 Å². The fourth-order valence-corrected chi connectivity index (χ4v) is 2.64. The summed E-state index contributed by atoms with van der Waals surface area (Å²) in [5.74, 6) is -1.09. The third-order valence-electron chi connectivity index (χ3n) is 3.68. The van der Waals surface area contributed by atoms with Crippen LogP contribution in [0.2, 0.25) is 0 Å². The van der Waals surface area contributed by atoms with Crippen molar-refractivity contribution in [3.05, 3.63) is 53.7 Å². The maximum Gasteiger partial charge on any atom is 0.355 e. The van der Waals surface area contributed by atoms with E-state index in [9.17, 15) is 9.59 Å². The predicted molar refractivity (Wildman–Crippen MR) is 82.5 cm³/mol. The Balaban J connectivity index is 2.48. The van der Waals surface area contributed by atoms with Gasteiger partial charge in [0.1, 0.15) is 5.70 Å². The first-order valence-corrected chi connectivity index (χ1v) is 6.94. The van der Waals surface area contributed by atoms with E-state index in [1.54, 1.807) is 4.90 Å². The SMILES string of the molecule is C=C(c1ccccc1)N1C(C(=O)OC)=C(C(=O)OC)CC1C. The van der Waals surface area contributed by atoms with Crippen molar-refractivity contribution in [3.8, 4) is 0 Å². The first-order valence-electron chi connectivity index (χ1n) is 6.94. The Morgan fingerprint density at radius 3 is 2.27 bits per heavy atom. The van der Waals surface area contributed by atoms with Crippen LogP contribution in [0.3, 0.4) is 0 Å². The highest BCUT2D eigenvalue weighted by Gasteiger charge is 2.39. The summed E-state index contributed by atoms with van der Waals surface area (Å²) in [5, 5.41) is 0. The Bertz CT molecular complexity index is 633. The Labute approximate surface area is 129 Å². The third-order valence-corrected chi connectivity index (χ3v) is 3.68. The van der Waals surface area contributed by atoms with Gasteiger partial charge in [0.2, 0.25) is 0 Å². The van der Waals surface area contributed by atoms with Gasteiger partial charge in [0.15, 0.2) is 0 Å². The smallest absolute Gasteiger partial charge is 0.355 e. The van der Waals surface area contributed by atoms with E-state index in [2.05, 4.69) is 6.58 Å². The Kier molecular flexibility index (Phi) is 4.65. The van der Waals surface area contributed by atoms with E-state index in [0.29, 0.717) is 17.7 Å². The number of esters is 2. The molecule has 0 bridgehead atoms. The van der Waals surface area contributed by atoms with Gasteiger partial charge >= 0.3 is 11.9 Å². The third kappa shape index (κ3) is 2.74. The van der Waals surface area contributed by atoms with E-state index in [-0.39, 0.29) is 11.7 Å². The number of ether oxygens (including phenoxy) is 2. The molecule has 0 amide bonds. The lowest BCUT2D eigenvalue weighted by molar-refractivity contribution is -0.140. The second kappa shape index (κ2) is 6.47. The minimum absolute atomic E-state index is 0.0871. The van der Waals surface area contributed by atoms with E-state index in [0.717, 1.165) is 5.56 Å².